The van der Waals surface area contributed by atoms with Crippen LogP contribution in [-0.4, -0.2) is 9.61 Å². The van der Waals surface area contributed by atoms with Crippen LogP contribution < -0.4 is 0 Å². The van der Waals surface area contributed by atoms with Crippen molar-refractivity contribution in [3.63, 3.8) is 0 Å². The molecule has 2 rings (SSSR count). The van der Waals surface area contributed by atoms with Crippen LogP contribution in [0.3, 0.4) is 0 Å². The lowest BCUT2D eigenvalue weighted by atomic mass is 10.1. The third-order valence-electron chi connectivity index (χ3n) is 3.12. The van der Waals surface area contributed by atoms with Crippen molar-refractivity contribution in [2.75, 3.05) is 0 Å². The molecular formula is C18H20N2. The van der Waals surface area contributed by atoms with E-state index in [2.05, 4.69) is 36.8 Å². The van der Waals surface area contributed by atoms with Gasteiger partial charge in [0.1, 0.15) is 5.69 Å². The molecule has 102 valence electrons. The number of rotatable bonds is 4. The van der Waals surface area contributed by atoms with Gasteiger partial charge in [0, 0.05) is 17.3 Å². The fraction of sp³-hybridized carbons (Fsp3) is 0.167. The molecule has 0 radical (unpaired) electrons. The maximum atomic E-state index is 4.69. The predicted octanol–water partition coefficient (Wildman–Crippen LogP) is 4.82. The van der Waals surface area contributed by atoms with Crippen molar-refractivity contribution in [1.29, 1.82) is 0 Å². The van der Waals surface area contributed by atoms with Crippen LogP contribution in [0.2, 0.25) is 0 Å². The van der Waals surface area contributed by atoms with E-state index in [1.807, 2.05) is 54.9 Å². The van der Waals surface area contributed by atoms with E-state index in [0.29, 0.717) is 0 Å². The van der Waals surface area contributed by atoms with Gasteiger partial charge in [0.15, 0.2) is 0 Å². The first kappa shape index (κ1) is 14.1. The molecule has 2 nitrogen and oxygen atoms in total. The number of aryl methyl sites for hydroxylation is 1. The van der Waals surface area contributed by atoms with Gasteiger partial charge < -0.3 is 0 Å². The van der Waals surface area contributed by atoms with E-state index >= 15 is 0 Å². The molecule has 0 spiro atoms. The van der Waals surface area contributed by atoms with Crippen molar-refractivity contribution in [3.05, 3.63) is 72.1 Å². The first-order chi connectivity index (χ1) is 9.71. The van der Waals surface area contributed by atoms with Gasteiger partial charge in [-0.15, -0.1) is 0 Å². The Balaban J connectivity index is 2.74. The summed E-state index contributed by atoms with van der Waals surface area (Å²) in [4.78, 5) is 0. The van der Waals surface area contributed by atoms with E-state index in [9.17, 15) is 0 Å². The number of allylic oxidation sites excluding steroid dienone is 6. The maximum Gasteiger partial charge on any atom is 0.101 e. The molecule has 20 heavy (non-hydrogen) atoms. The second-order valence-corrected chi connectivity index (χ2v) is 4.65. The summed E-state index contributed by atoms with van der Waals surface area (Å²) in [7, 11) is 0. The molecule has 2 aromatic heterocycles. The highest BCUT2D eigenvalue weighted by Gasteiger charge is 2.12. The zero-order valence-electron chi connectivity index (χ0n) is 12.3. The summed E-state index contributed by atoms with van der Waals surface area (Å²) >= 11 is 0. The summed E-state index contributed by atoms with van der Waals surface area (Å²) in [5.74, 6) is 0. The van der Waals surface area contributed by atoms with Crippen LogP contribution in [0.1, 0.15) is 30.7 Å². The van der Waals surface area contributed by atoms with Gasteiger partial charge >= 0.3 is 0 Å². The second kappa shape index (κ2) is 6.20. The van der Waals surface area contributed by atoms with E-state index in [0.717, 1.165) is 22.3 Å². The molecule has 0 bridgehead atoms. The van der Waals surface area contributed by atoms with Crippen LogP contribution in [0.5, 0.6) is 0 Å². The quantitative estimate of drug-likeness (QED) is 0.723. The van der Waals surface area contributed by atoms with Crippen LogP contribution in [0, 0.1) is 6.92 Å². The first-order valence-corrected chi connectivity index (χ1v) is 6.78. The number of nitrogens with zero attached hydrogens (tertiary/aromatic N) is 2. The van der Waals surface area contributed by atoms with Crippen molar-refractivity contribution >= 4 is 17.2 Å². The first-order valence-electron chi connectivity index (χ1n) is 6.78. The highest BCUT2D eigenvalue weighted by Crippen LogP contribution is 2.25. The molecule has 0 amide bonds. The van der Waals surface area contributed by atoms with Crippen LogP contribution in [0.25, 0.3) is 17.2 Å². The van der Waals surface area contributed by atoms with E-state index in [-0.39, 0.29) is 0 Å². The number of hydrogen-bond donors (Lipinski definition) is 0. The van der Waals surface area contributed by atoms with Gasteiger partial charge in [-0.25, -0.2) is 4.52 Å². The Bertz CT molecular complexity index is 712. The maximum absolute atomic E-state index is 4.69. The number of hydrogen-bond acceptors (Lipinski definition) is 1. The Morgan fingerprint density at radius 2 is 2.10 bits per heavy atom. The fourth-order valence-corrected chi connectivity index (χ4v) is 2.16. The summed E-state index contributed by atoms with van der Waals surface area (Å²) in [6.45, 7) is 10.0. The Morgan fingerprint density at radius 1 is 1.30 bits per heavy atom. The van der Waals surface area contributed by atoms with Crippen molar-refractivity contribution in [2.24, 2.45) is 0 Å². The molecule has 0 N–H and O–H groups in total. The topological polar surface area (TPSA) is 17.3 Å². The van der Waals surface area contributed by atoms with E-state index in [1.165, 1.54) is 5.56 Å². The SMILES string of the molecule is C=C/C(=C\C=C/C)c1nn2ccc(C)cc2c1/C=C/C. The van der Waals surface area contributed by atoms with Crippen LogP contribution in [0.15, 0.2) is 55.3 Å². The molecule has 0 aliphatic rings. The summed E-state index contributed by atoms with van der Waals surface area (Å²) < 4.78 is 1.92. The minimum atomic E-state index is 0.960. The normalized spacial score (nSPS) is 12.8. The molecule has 0 saturated heterocycles. The molecule has 0 saturated carbocycles. The van der Waals surface area contributed by atoms with Gasteiger partial charge in [0.25, 0.3) is 0 Å². The summed E-state index contributed by atoms with van der Waals surface area (Å²) in [6.07, 6.45) is 14.0. The standard InChI is InChI=1S/C18H20N2/c1-5-8-10-15(7-3)18-16(9-6-2)17-13-14(4)11-12-20(17)19-18/h5-13H,3H2,1-2,4H3/b8-5-,9-6+,15-10+. The zero-order chi connectivity index (χ0) is 14.5. The Morgan fingerprint density at radius 3 is 2.75 bits per heavy atom. The second-order valence-electron chi connectivity index (χ2n) is 4.65. The van der Waals surface area contributed by atoms with Gasteiger partial charge in [0.2, 0.25) is 0 Å². The molecule has 0 aromatic carbocycles. The lowest BCUT2D eigenvalue weighted by Crippen LogP contribution is -1.87. The fourth-order valence-electron chi connectivity index (χ4n) is 2.16. The predicted molar refractivity (Wildman–Crippen MR) is 87.6 cm³/mol. The van der Waals surface area contributed by atoms with Crippen LogP contribution in [-0.2, 0) is 0 Å². The van der Waals surface area contributed by atoms with Crippen molar-refractivity contribution in [3.8, 4) is 0 Å². The van der Waals surface area contributed by atoms with E-state index < -0.39 is 0 Å². The minimum absolute atomic E-state index is 0.960. The molecule has 0 fully saturated rings. The molecule has 0 aliphatic carbocycles. The minimum Gasteiger partial charge on any atom is -0.240 e. The van der Waals surface area contributed by atoms with Gasteiger partial charge in [-0.05, 0) is 38.5 Å². The van der Waals surface area contributed by atoms with E-state index in [1.54, 1.807) is 0 Å². The van der Waals surface area contributed by atoms with Crippen molar-refractivity contribution in [2.45, 2.75) is 20.8 Å². The molecule has 0 unspecified atom stereocenters. The summed E-state index contributed by atoms with van der Waals surface area (Å²) in [5.41, 5.74) is 5.46. The Hall–Kier alpha value is -2.35. The lowest BCUT2D eigenvalue weighted by Gasteiger charge is -1.98. The molecule has 2 heteroatoms. The molecule has 2 heterocycles. The highest BCUT2D eigenvalue weighted by atomic mass is 15.2. The van der Waals surface area contributed by atoms with Crippen molar-refractivity contribution in [1.82, 2.24) is 9.61 Å². The van der Waals surface area contributed by atoms with Gasteiger partial charge in [0.05, 0.1) is 5.52 Å². The third-order valence-corrected chi connectivity index (χ3v) is 3.12. The number of aromatic nitrogens is 2. The van der Waals surface area contributed by atoms with Gasteiger partial charge in [-0.1, -0.05) is 43.0 Å². The average molecular weight is 264 g/mol. The molecular weight excluding hydrogens is 244 g/mol. The smallest absolute Gasteiger partial charge is 0.101 e. The molecule has 0 aliphatic heterocycles. The number of fused-ring (bicyclic) bond motifs is 1. The summed E-state index contributed by atoms with van der Waals surface area (Å²) in [5, 5.41) is 4.69. The highest BCUT2D eigenvalue weighted by molar-refractivity contribution is 5.85. The Labute approximate surface area is 120 Å². The van der Waals surface area contributed by atoms with Gasteiger partial charge in [-0.3, -0.25) is 0 Å². The molecule has 0 atom stereocenters. The summed E-state index contributed by atoms with van der Waals surface area (Å²) in [6, 6.07) is 4.22. The lowest BCUT2D eigenvalue weighted by molar-refractivity contribution is 0.948. The Kier molecular flexibility index (Phi) is 4.36. The van der Waals surface area contributed by atoms with Crippen LogP contribution in [0.4, 0.5) is 0 Å². The zero-order valence-corrected chi connectivity index (χ0v) is 12.3. The largest absolute Gasteiger partial charge is 0.240 e. The van der Waals surface area contributed by atoms with E-state index in [4.69, 9.17) is 0 Å². The average Bonchev–Trinajstić information content (AvgIpc) is 2.79. The third kappa shape index (κ3) is 2.64. The monoisotopic (exact) mass is 264 g/mol. The number of pyridine rings is 1. The van der Waals surface area contributed by atoms with Crippen molar-refractivity contribution < 1.29 is 0 Å². The molecule has 2 aromatic rings. The van der Waals surface area contributed by atoms with Crippen LogP contribution >= 0.6 is 0 Å². The van der Waals surface area contributed by atoms with Gasteiger partial charge in [-0.2, -0.15) is 5.10 Å².